The third kappa shape index (κ3) is 2.56. The highest BCUT2D eigenvalue weighted by atomic mass is 28.4. The van der Waals surface area contributed by atoms with Crippen molar-refractivity contribution in [1.82, 2.24) is 5.06 Å². The van der Waals surface area contributed by atoms with E-state index in [1.807, 2.05) is 5.06 Å². The Labute approximate surface area is 87.7 Å². The van der Waals surface area contributed by atoms with Crippen LogP contribution in [0.5, 0.6) is 0 Å². The molecule has 0 amide bonds. The predicted molar refractivity (Wildman–Crippen MR) is 59.0 cm³/mol. The standard InChI is InChI=1S/C10H20N2OSi/c1-10(2)7-6-9(8-11)12(10)13-14(3,4)5/h9H,6-7H2,1-5H3. The molecule has 1 atom stereocenters. The number of hydroxylamine groups is 2. The van der Waals surface area contributed by atoms with Crippen molar-refractivity contribution >= 4 is 8.32 Å². The minimum absolute atomic E-state index is 0.0146. The Kier molecular flexibility index (Phi) is 3.05. The molecule has 0 aliphatic carbocycles. The Morgan fingerprint density at radius 3 is 2.43 bits per heavy atom. The molecule has 80 valence electrons. The number of nitrogens with zero attached hydrogens (tertiary/aromatic N) is 2. The van der Waals surface area contributed by atoms with Gasteiger partial charge in [-0.05, 0) is 46.3 Å². The normalized spacial score (nSPS) is 27.6. The molecule has 0 saturated carbocycles. The monoisotopic (exact) mass is 212 g/mol. The lowest BCUT2D eigenvalue weighted by Gasteiger charge is -2.37. The van der Waals surface area contributed by atoms with Crippen LogP contribution >= 0.6 is 0 Å². The van der Waals surface area contributed by atoms with Crippen LogP contribution in [0.4, 0.5) is 0 Å². The summed E-state index contributed by atoms with van der Waals surface area (Å²) in [4.78, 5) is 0. The summed E-state index contributed by atoms with van der Waals surface area (Å²) in [5, 5.41) is 10.9. The summed E-state index contributed by atoms with van der Waals surface area (Å²) < 4.78 is 5.97. The van der Waals surface area contributed by atoms with Gasteiger partial charge in [0.2, 0.25) is 8.32 Å². The Hall–Kier alpha value is -0.373. The van der Waals surface area contributed by atoms with Gasteiger partial charge in [-0.2, -0.15) is 10.3 Å². The predicted octanol–water partition coefficient (Wildman–Crippen LogP) is 2.52. The van der Waals surface area contributed by atoms with Gasteiger partial charge in [0, 0.05) is 5.54 Å². The lowest BCUT2D eigenvalue weighted by Crippen LogP contribution is -2.48. The van der Waals surface area contributed by atoms with Gasteiger partial charge in [0.05, 0.1) is 6.07 Å². The minimum Gasteiger partial charge on any atom is -0.342 e. The van der Waals surface area contributed by atoms with Gasteiger partial charge >= 0.3 is 0 Å². The summed E-state index contributed by atoms with van der Waals surface area (Å²) in [6.07, 6.45) is 1.96. The number of hydrogen-bond acceptors (Lipinski definition) is 3. The zero-order valence-corrected chi connectivity index (χ0v) is 10.8. The Morgan fingerprint density at radius 1 is 1.43 bits per heavy atom. The van der Waals surface area contributed by atoms with Crippen LogP contribution in [-0.2, 0) is 4.53 Å². The lowest BCUT2D eigenvalue weighted by atomic mass is 10.0. The first kappa shape index (κ1) is 11.7. The molecule has 1 unspecified atom stereocenters. The molecule has 0 radical (unpaired) electrons. The Bertz CT molecular complexity index is 252. The molecular weight excluding hydrogens is 192 g/mol. The second-order valence-electron chi connectivity index (χ2n) is 5.53. The van der Waals surface area contributed by atoms with Crippen molar-refractivity contribution in [2.45, 2.75) is 57.9 Å². The van der Waals surface area contributed by atoms with Crippen molar-refractivity contribution < 1.29 is 4.53 Å². The van der Waals surface area contributed by atoms with Gasteiger partial charge in [0.25, 0.3) is 0 Å². The summed E-state index contributed by atoms with van der Waals surface area (Å²) in [5.41, 5.74) is 0.0146. The van der Waals surface area contributed by atoms with Crippen LogP contribution < -0.4 is 0 Å². The van der Waals surface area contributed by atoms with Crippen LogP contribution in [0.1, 0.15) is 26.7 Å². The molecule has 14 heavy (non-hydrogen) atoms. The van der Waals surface area contributed by atoms with Gasteiger partial charge < -0.3 is 4.53 Å². The van der Waals surface area contributed by atoms with Crippen molar-refractivity contribution in [1.29, 1.82) is 5.26 Å². The average molecular weight is 212 g/mol. The zero-order valence-electron chi connectivity index (χ0n) is 9.79. The van der Waals surface area contributed by atoms with Crippen molar-refractivity contribution in [2.24, 2.45) is 0 Å². The molecule has 0 aromatic rings. The zero-order chi connectivity index (χ0) is 11.0. The van der Waals surface area contributed by atoms with E-state index in [-0.39, 0.29) is 11.6 Å². The lowest BCUT2D eigenvalue weighted by molar-refractivity contribution is -0.130. The van der Waals surface area contributed by atoms with E-state index in [4.69, 9.17) is 9.79 Å². The number of hydrogen-bond donors (Lipinski definition) is 0. The molecule has 0 N–H and O–H groups in total. The van der Waals surface area contributed by atoms with Crippen molar-refractivity contribution in [3.8, 4) is 6.07 Å². The minimum atomic E-state index is -1.59. The molecule has 1 heterocycles. The SMILES string of the molecule is CC1(C)CCC(C#N)N1O[Si](C)(C)C. The first-order valence-electron chi connectivity index (χ1n) is 5.14. The molecule has 0 aromatic heterocycles. The van der Waals surface area contributed by atoms with Crippen molar-refractivity contribution in [2.75, 3.05) is 0 Å². The molecule has 1 rings (SSSR count). The maximum atomic E-state index is 9.01. The van der Waals surface area contributed by atoms with Crippen LogP contribution in [0.2, 0.25) is 19.6 Å². The van der Waals surface area contributed by atoms with E-state index in [2.05, 4.69) is 39.6 Å². The molecule has 0 bridgehead atoms. The third-order valence-corrected chi connectivity index (χ3v) is 3.17. The second kappa shape index (κ2) is 3.65. The van der Waals surface area contributed by atoms with Gasteiger partial charge in [-0.15, -0.1) is 0 Å². The largest absolute Gasteiger partial charge is 0.342 e. The fourth-order valence-electron chi connectivity index (χ4n) is 1.74. The van der Waals surface area contributed by atoms with Crippen LogP contribution in [0, 0.1) is 11.3 Å². The van der Waals surface area contributed by atoms with E-state index < -0.39 is 8.32 Å². The molecule has 1 saturated heterocycles. The highest BCUT2D eigenvalue weighted by Crippen LogP contribution is 2.34. The quantitative estimate of drug-likeness (QED) is 0.660. The maximum absolute atomic E-state index is 9.01. The highest BCUT2D eigenvalue weighted by molar-refractivity contribution is 6.69. The van der Waals surface area contributed by atoms with E-state index in [9.17, 15) is 0 Å². The Balaban J connectivity index is 2.77. The van der Waals surface area contributed by atoms with Crippen molar-refractivity contribution in [3.63, 3.8) is 0 Å². The first-order valence-corrected chi connectivity index (χ1v) is 8.55. The van der Waals surface area contributed by atoms with Crippen LogP contribution in [0.3, 0.4) is 0 Å². The number of nitriles is 1. The van der Waals surface area contributed by atoms with Gasteiger partial charge in [0.1, 0.15) is 6.04 Å². The first-order chi connectivity index (χ1) is 6.26. The molecule has 0 spiro atoms. The molecule has 1 aliphatic rings. The summed E-state index contributed by atoms with van der Waals surface area (Å²) >= 11 is 0. The van der Waals surface area contributed by atoms with Crippen LogP contribution in [-0.4, -0.2) is 25.0 Å². The summed E-state index contributed by atoms with van der Waals surface area (Å²) in [7, 11) is -1.59. The summed E-state index contributed by atoms with van der Waals surface area (Å²) in [6, 6.07) is 2.26. The third-order valence-electron chi connectivity index (χ3n) is 2.43. The highest BCUT2D eigenvalue weighted by Gasteiger charge is 2.42. The molecule has 1 aliphatic heterocycles. The smallest absolute Gasteiger partial charge is 0.212 e. The van der Waals surface area contributed by atoms with E-state index >= 15 is 0 Å². The van der Waals surface area contributed by atoms with E-state index in [1.54, 1.807) is 0 Å². The topological polar surface area (TPSA) is 36.3 Å². The fourth-order valence-corrected chi connectivity index (χ4v) is 2.70. The van der Waals surface area contributed by atoms with Gasteiger partial charge in [-0.25, -0.2) is 0 Å². The molecular formula is C10H20N2OSi. The molecule has 1 fully saturated rings. The fraction of sp³-hybridized carbons (Fsp3) is 0.900. The Morgan fingerprint density at radius 2 is 2.00 bits per heavy atom. The summed E-state index contributed by atoms with van der Waals surface area (Å²) in [5.74, 6) is 0. The van der Waals surface area contributed by atoms with Gasteiger partial charge in [0.15, 0.2) is 0 Å². The molecule has 0 aromatic carbocycles. The van der Waals surface area contributed by atoms with Gasteiger partial charge in [-0.3, -0.25) is 0 Å². The van der Waals surface area contributed by atoms with Crippen molar-refractivity contribution in [3.05, 3.63) is 0 Å². The average Bonchev–Trinajstić information content (AvgIpc) is 2.25. The number of rotatable bonds is 2. The van der Waals surface area contributed by atoms with E-state index in [1.165, 1.54) is 0 Å². The summed E-state index contributed by atoms with van der Waals surface area (Å²) in [6.45, 7) is 10.7. The molecule has 4 heteroatoms. The maximum Gasteiger partial charge on any atom is 0.212 e. The van der Waals surface area contributed by atoms with E-state index in [0.717, 1.165) is 12.8 Å². The van der Waals surface area contributed by atoms with Crippen LogP contribution in [0.25, 0.3) is 0 Å². The second-order valence-corrected chi connectivity index (χ2v) is 9.93. The molecule has 3 nitrogen and oxygen atoms in total. The van der Waals surface area contributed by atoms with Crippen LogP contribution in [0.15, 0.2) is 0 Å². The van der Waals surface area contributed by atoms with E-state index in [0.29, 0.717) is 0 Å². The van der Waals surface area contributed by atoms with Gasteiger partial charge in [-0.1, -0.05) is 0 Å².